The van der Waals surface area contributed by atoms with Crippen molar-refractivity contribution in [3.8, 4) is 17.1 Å². The van der Waals surface area contributed by atoms with Crippen LogP contribution < -0.4 is 15.0 Å². The molecule has 17 heteroatoms. The second kappa shape index (κ2) is 14.2. The Morgan fingerprint density at radius 1 is 1.00 bits per heavy atom. The molecule has 0 bridgehead atoms. The molecule has 3 saturated heterocycles. The molecule has 4 aromatic rings. The number of halogens is 4. The predicted octanol–water partition coefficient (Wildman–Crippen LogP) is 8.20. The standard InChI is InChI=1S/C37H43ClF3N7O5S/c1-35(2,3)52-33(49)45-32-43-28-21(8-9-24(40)29(28)54-32)25-23(38)16-22-27(26(25)41)42-31(51-19-37-10-7-11-48(37)18-20(39)17-37)44-30(22)46-12-14-47(15-13-46)34(50)53-36(4,5)6/h8-9,16,20H,7,10-15,17-19H2,1-6H3,(H,43,45,49)/t20-,37+/m1/s1. The maximum Gasteiger partial charge on any atom is 0.413 e. The molecule has 7 rings (SSSR count). The summed E-state index contributed by atoms with van der Waals surface area (Å²) in [6.07, 6.45) is -0.181. The lowest BCUT2D eigenvalue weighted by Gasteiger charge is -2.36. The van der Waals surface area contributed by atoms with Gasteiger partial charge in [-0.05, 0) is 79.1 Å². The van der Waals surface area contributed by atoms with Crippen LogP contribution in [-0.4, -0.2) is 106 Å². The van der Waals surface area contributed by atoms with Crippen LogP contribution in [0.3, 0.4) is 0 Å². The van der Waals surface area contributed by atoms with Crippen LogP contribution in [0, 0.1) is 11.6 Å². The summed E-state index contributed by atoms with van der Waals surface area (Å²) in [6.45, 7) is 13.1. The number of nitrogens with zero attached hydrogens (tertiary/aromatic N) is 6. The van der Waals surface area contributed by atoms with Gasteiger partial charge in [-0.1, -0.05) is 22.9 Å². The van der Waals surface area contributed by atoms with Crippen LogP contribution in [0.5, 0.6) is 6.01 Å². The Morgan fingerprint density at radius 2 is 1.72 bits per heavy atom. The summed E-state index contributed by atoms with van der Waals surface area (Å²) in [5, 5.41) is 2.88. The fourth-order valence-corrected chi connectivity index (χ4v) is 8.59. The number of hydrogen-bond acceptors (Lipinski definition) is 11. The van der Waals surface area contributed by atoms with Gasteiger partial charge in [-0.25, -0.2) is 27.7 Å². The van der Waals surface area contributed by atoms with Crippen LogP contribution in [0.15, 0.2) is 18.2 Å². The molecule has 2 aromatic heterocycles. The fourth-order valence-electron chi connectivity index (χ4n) is 7.41. The number of piperazine rings is 1. The van der Waals surface area contributed by atoms with E-state index in [9.17, 15) is 14.0 Å². The van der Waals surface area contributed by atoms with Crippen molar-refractivity contribution < 1.29 is 37.0 Å². The first-order valence-electron chi connectivity index (χ1n) is 17.9. The molecule has 54 heavy (non-hydrogen) atoms. The van der Waals surface area contributed by atoms with Crippen LogP contribution in [0.4, 0.5) is 33.7 Å². The second-order valence-corrected chi connectivity index (χ2v) is 17.4. The van der Waals surface area contributed by atoms with Gasteiger partial charge in [0.2, 0.25) is 0 Å². The summed E-state index contributed by atoms with van der Waals surface area (Å²) in [5.74, 6) is -1.08. The minimum atomic E-state index is -0.969. The lowest BCUT2D eigenvalue weighted by Crippen LogP contribution is -2.50. The van der Waals surface area contributed by atoms with Gasteiger partial charge in [0.05, 0.1) is 20.8 Å². The van der Waals surface area contributed by atoms with E-state index >= 15 is 8.78 Å². The van der Waals surface area contributed by atoms with Crippen molar-refractivity contribution in [2.75, 3.05) is 56.1 Å². The summed E-state index contributed by atoms with van der Waals surface area (Å²) >= 11 is 7.75. The number of carbonyl (C=O) groups is 2. The third kappa shape index (κ3) is 7.69. The molecule has 2 atom stereocenters. The second-order valence-electron chi connectivity index (χ2n) is 16.0. The maximum absolute atomic E-state index is 17.1. The van der Waals surface area contributed by atoms with Crippen LogP contribution in [-0.2, 0) is 9.47 Å². The molecule has 0 saturated carbocycles. The molecule has 0 unspecified atom stereocenters. The zero-order valence-electron chi connectivity index (χ0n) is 31.0. The van der Waals surface area contributed by atoms with Crippen LogP contribution in [0.2, 0.25) is 5.02 Å². The molecule has 2 amide bonds. The molecular weight excluding hydrogens is 747 g/mol. The molecule has 0 radical (unpaired) electrons. The van der Waals surface area contributed by atoms with Crippen molar-refractivity contribution in [2.45, 2.75) is 83.7 Å². The number of alkyl halides is 1. The van der Waals surface area contributed by atoms with Gasteiger partial charge < -0.3 is 24.0 Å². The number of anilines is 2. The topological polar surface area (TPSA) is 122 Å². The van der Waals surface area contributed by atoms with Gasteiger partial charge >= 0.3 is 18.2 Å². The Hall–Kier alpha value is -4.15. The molecular formula is C37H43ClF3N7O5S. The van der Waals surface area contributed by atoms with E-state index in [1.165, 1.54) is 12.1 Å². The number of thiazole rings is 1. The number of aromatic nitrogens is 3. The number of benzene rings is 2. The first-order valence-corrected chi connectivity index (χ1v) is 19.1. The van der Waals surface area contributed by atoms with E-state index in [0.29, 0.717) is 50.3 Å². The van der Waals surface area contributed by atoms with Crippen LogP contribution >= 0.6 is 22.9 Å². The molecule has 12 nitrogen and oxygen atoms in total. The number of rotatable bonds is 6. The Labute approximate surface area is 319 Å². The third-order valence-electron chi connectivity index (χ3n) is 9.68. The number of hydrogen-bond donors (Lipinski definition) is 1. The molecule has 3 fully saturated rings. The van der Waals surface area contributed by atoms with Crippen molar-refractivity contribution in [3.05, 3.63) is 34.9 Å². The van der Waals surface area contributed by atoms with E-state index in [-0.39, 0.29) is 49.6 Å². The van der Waals surface area contributed by atoms with Gasteiger partial charge in [0.15, 0.2) is 10.9 Å². The average molecular weight is 790 g/mol. The van der Waals surface area contributed by atoms with Crippen molar-refractivity contribution in [2.24, 2.45) is 0 Å². The normalized spacial score (nSPS) is 20.8. The zero-order valence-corrected chi connectivity index (χ0v) is 32.6. The van der Waals surface area contributed by atoms with E-state index in [1.807, 2.05) is 4.90 Å². The van der Waals surface area contributed by atoms with Crippen LogP contribution in [0.1, 0.15) is 60.8 Å². The summed E-state index contributed by atoms with van der Waals surface area (Å²) in [6, 6.07) is 4.02. The Balaban J connectivity index is 1.28. The molecule has 3 aliphatic rings. The first kappa shape index (κ1) is 38.1. The van der Waals surface area contributed by atoms with Gasteiger partial charge in [0.1, 0.15) is 41.1 Å². The minimum Gasteiger partial charge on any atom is -0.461 e. The van der Waals surface area contributed by atoms with E-state index in [0.717, 1.165) is 30.7 Å². The van der Waals surface area contributed by atoms with Crippen molar-refractivity contribution >= 4 is 67.2 Å². The monoisotopic (exact) mass is 789 g/mol. The lowest BCUT2D eigenvalue weighted by molar-refractivity contribution is 0.0240. The van der Waals surface area contributed by atoms with Gasteiger partial charge in [-0.15, -0.1) is 0 Å². The summed E-state index contributed by atoms with van der Waals surface area (Å²) in [5.41, 5.74) is -1.86. The smallest absolute Gasteiger partial charge is 0.413 e. The minimum absolute atomic E-state index is 0.00565. The highest BCUT2D eigenvalue weighted by Gasteiger charge is 2.49. The third-order valence-corrected chi connectivity index (χ3v) is 11.0. The zero-order chi connectivity index (χ0) is 38.7. The molecule has 5 heterocycles. The van der Waals surface area contributed by atoms with Gasteiger partial charge in [0, 0.05) is 55.7 Å². The summed E-state index contributed by atoms with van der Waals surface area (Å²) in [4.78, 5) is 44.7. The number of nitrogens with one attached hydrogen (secondary N) is 1. The number of fused-ring (bicyclic) bond motifs is 3. The highest BCUT2D eigenvalue weighted by atomic mass is 35.5. The average Bonchev–Trinajstić information content (AvgIpc) is 3.75. The largest absolute Gasteiger partial charge is 0.461 e. The van der Waals surface area contributed by atoms with Crippen molar-refractivity contribution in [1.29, 1.82) is 0 Å². The van der Waals surface area contributed by atoms with E-state index in [4.69, 9.17) is 30.8 Å². The lowest BCUT2D eigenvalue weighted by atomic mass is 9.95. The number of amides is 2. The number of carbonyl (C=O) groups excluding carboxylic acids is 2. The highest BCUT2D eigenvalue weighted by molar-refractivity contribution is 7.22. The Bertz CT molecular complexity index is 2120. The Morgan fingerprint density at radius 3 is 2.43 bits per heavy atom. The summed E-state index contributed by atoms with van der Waals surface area (Å²) < 4.78 is 64.1. The molecule has 1 N–H and O–H groups in total. The van der Waals surface area contributed by atoms with E-state index in [2.05, 4.69) is 20.2 Å². The molecule has 2 aromatic carbocycles. The molecule has 290 valence electrons. The van der Waals surface area contributed by atoms with Gasteiger partial charge in [-0.2, -0.15) is 9.97 Å². The van der Waals surface area contributed by atoms with E-state index < -0.39 is 46.7 Å². The highest BCUT2D eigenvalue weighted by Crippen LogP contribution is 2.44. The quantitative estimate of drug-likeness (QED) is 0.205. The maximum atomic E-state index is 17.1. The number of ether oxygens (including phenoxy) is 3. The van der Waals surface area contributed by atoms with Crippen molar-refractivity contribution in [1.82, 2.24) is 24.8 Å². The fraction of sp³-hybridized carbons (Fsp3) is 0.541. The first-order chi connectivity index (χ1) is 25.4. The SMILES string of the molecule is CC(C)(C)OC(=O)Nc1nc2c(-c3c(Cl)cc4c(N5CCN(C(=O)OC(C)(C)C)CC5)nc(OC[C@@]56CCCN5C[C@H](F)C6)nc4c3F)ccc(F)c2s1. The van der Waals surface area contributed by atoms with Gasteiger partial charge in [-0.3, -0.25) is 10.2 Å². The molecule has 0 aliphatic carbocycles. The summed E-state index contributed by atoms with van der Waals surface area (Å²) in [7, 11) is 0. The Kier molecular flexibility index (Phi) is 10.0. The van der Waals surface area contributed by atoms with Gasteiger partial charge in [0.25, 0.3) is 0 Å². The van der Waals surface area contributed by atoms with Crippen LogP contribution in [0.25, 0.3) is 32.2 Å². The van der Waals surface area contributed by atoms with E-state index in [1.54, 1.807) is 52.5 Å². The predicted molar refractivity (Wildman–Crippen MR) is 202 cm³/mol. The molecule has 0 spiro atoms. The van der Waals surface area contributed by atoms with Crippen molar-refractivity contribution in [3.63, 3.8) is 0 Å². The molecule has 3 aliphatic heterocycles.